The normalized spacial score (nSPS) is 18.6. The molecule has 4 aliphatic rings. The number of halogens is 5. The number of anilines is 2. The Labute approximate surface area is 412 Å². The Morgan fingerprint density at radius 3 is 2.28 bits per heavy atom. The number of carbonyl (C=O) groups is 3. The number of fused-ring (bicyclic) bond motifs is 2. The maximum atomic E-state index is 14.3. The van der Waals surface area contributed by atoms with Crippen molar-refractivity contribution in [2.24, 2.45) is 5.92 Å². The Bertz CT molecular complexity index is 2810. The predicted molar refractivity (Wildman–Crippen MR) is 255 cm³/mol. The minimum Gasteiger partial charge on any atom is -0.508 e. The van der Waals surface area contributed by atoms with Gasteiger partial charge in [0.25, 0.3) is 5.91 Å². The molecule has 384 valence electrons. The molecule has 72 heavy (non-hydrogen) atoms. The van der Waals surface area contributed by atoms with Crippen molar-refractivity contribution in [2.75, 3.05) is 75.7 Å². The van der Waals surface area contributed by atoms with Gasteiger partial charge >= 0.3 is 12.2 Å². The van der Waals surface area contributed by atoms with Crippen LogP contribution >= 0.6 is 0 Å². The summed E-state index contributed by atoms with van der Waals surface area (Å²) in [6, 6.07) is 6.69. The number of ether oxygens (including phenoxy) is 1. The van der Waals surface area contributed by atoms with Gasteiger partial charge in [-0.3, -0.25) is 14.5 Å². The zero-order valence-electron chi connectivity index (χ0n) is 40.3. The third-order valence-electron chi connectivity index (χ3n) is 14.3. The van der Waals surface area contributed by atoms with E-state index in [1.165, 1.54) is 30.9 Å². The van der Waals surface area contributed by atoms with Gasteiger partial charge in [0.15, 0.2) is 17.4 Å². The van der Waals surface area contributed by atoms with Gasteiger partial charge in [0.2, 0.25) is 11.9 Å². The smallest absolute Gasteiger partial charge is 0.416 e. The van der Waals surface area contributed by atoms with Crippen LogP contribution in [-0.2, 0) is 29.2 Å². The van der Waals surface area contributed by atoms with Crippen molar-refractivity contribution in [1.29, 1.82) is 0 Å². The van der Waals surface area contributed by atoms with Crippen molar-refractivity contribution in [3.8, 4) is 11.5 Å². The van der Waals surface area contributed by atoms with Gasteiger partial charge in [0.05, 0.1) is 29.7 Å². The summed E-state index contributed by atoms with van der Waals surface area (Å²) in [7, 11) is 0. The molecule has 2 aromatic heterocycles. The highest BCUT2D eigenvalue weighted by Crippen LogP contribution is 2.40. The summed E-state index contributed by atoms with van der Waals surface area (Å²) < 4.78 is 81.6. The average Bonchev–Trinajstić information content (AvgIpc) is 4.08. The number of hydrogen-bond acceptors (Lipinski definition) is 12. The maximum absolute atomic E-state index is 14.3. The van der Waals surface area contributed by atoms with Gasteiger partial charge < -0.3 is 49.6 Å². The number of urea groups is 1. The van der Waals surface area contributed by atoms with E-state index in [1.807, 2.05) is 23.6 Å². The topological polar surface area (TPSA) is 180 Å². The van der Waals surface area contributed by atoms with Crippen molar-refractivity contribution in [1.82, 2.24) is 34.9 Å². The van der Waals surface area contributed by atoms with Crippen molar-refractivity contribution in [3.05, 3.63) is 106 Å². The fraction of sp³-hybridized carbons (Fsp3) is 0.471. The number of furan rings is 1. The highest BCUT2D eigenvalue weighted by atomic mass is 19.4. The van der Waals surface area contributed by atoms with Gasteiger partial charge in [-0.2, -0.15) is 13.2 Å². The number of nitrogens with one attached hydrogen (secondary N) is 2. The summed E-state index contributed by atoms with van der Waals surface area (Å²) in [6.45, 7) is 13.9. The summed E-state index contributed by atoms with van der Waals surface area (Å²) in [5, 5.41) is 24.6. The summed E-state index contributed by atoms with van der Waals surface area (Å²) in [4.78, 5) is 58.4. The van der Waals surface area contributed by atoms with Gasteiger partial charge in [0.1, 0.15) is 29.7 Å². The minimum absolute atomic E-state index is 0.00106. The molecule has 4 aliphatic heterocycles. The third kappa shape index (κ3) is 11.2. The molecule has 0 spiro atoms. The number of phenols is 2. The number of piperazine rings is 1. The number of rotatable bonds is 13. The number of aromatic hydroxyl groups is 2. The van der Waals surface area contributed by atoms with Crippen LogP contribution in [-0.4, -0.2) is 135 Å². The highest BCUT2D eigenvalue weighted by Gasteiger charge is 2.46. The van der Waals surface area contributed by atoms with Crippen molar-refractivity contribution >= 4 is 40.5 Å². The summed E-state index contributed by atoms with van der Waals surface area (Å²) >= 11 is 0. The molecular formula is C51H58F5N9O7. The molecule has 16 nitrogen and oxygen atoms in total. The van der Waals surface area contributed by atoms with E-state index in [1.54, 1.807) is 16.3 Å². The van der Waals surface area contributed by atoms with Gasteiger partial charge in [-0.25, -0.2) is 23.5 Å². The van der Waals surface area contributed by atoms with E-state index >= 15 is 0 Å². The van der Waals surface area contributed by atoms with Crippen LogP contribution in [0.1, 0.15) is 89.0 Å². The molecule has 9 rings (SSSR count). The van der Waals surface area contributed by atoms with Crippen LogP contribution in [0.4, 0.5) is 38.4 Å². The largest absolute Gasteiger partial charge is 0.508 e. The number of amides is 4. The number of phenolic OH excluding ortho intramolecular Hbond substituents is 2. The number of alkyl halides is 3. The summed E-state index contributed by atoms with van der Waals surface area (Å²) in [5.74, 6) is -2.71. The zero-order valence-corrected chi connectivity index (χ0v) is 40.3. The average molecular weight is 1000 g/mol. The standard InChI is InChI=1S/C51H58F5N9O7/c1-29(2)38-19-40(43(67)20-42(38)66)48(69)65-25-33-5-4-32(16-34(33)26-65)24-62-14-12-61(13-15-62)23-31-6-9-63(10-7-31)44(68)28-71-37-8-11-64(27-37)49-57-21-36(22-58-49)59-50(70)60-47(51(54,55)56)45-30(3)39-17-35(52)18-41(53)46(39)72-45/h4-5,16-22,29,31,37,47,66-67H,6-15,23-28H2,1-3H3,(H2,59,60,70)/t37?,47-/m1/s1. The van der Waals surface area contributed by atoms with Gasteiger partial charge in [-0.15, -0.1) is 0 Å². The van der Waals surface area contributed by atoms with E-state index < -0.39 is 41.2 Å². The summed E-state index contributed by atoms with van der Waals surface area (Å²) in [5.41, 5.74) is 3.48. The molecule has 5 aromatic rings. The molecule has 3 saturated heterocycles. The number of nitrogens with zero attached hydrogens (tertiary/aromatic N) is 7. The summed E-state index contributed by atoms with van der Waals surface area (Å²) in [6.07, 6.45) is -0.359. The van der Waals surface area contributed by atoms with Crippen molar-refractivity contribution in [3.63, 3.8) is 0 Å². The minimum atomic E-state index is -5.05. The first-order chi connectivity index (χ1) is 34.4. The Balaban J connectivity index is 0.664. The molecule has 1 unspecified atom stereocenters. The molecule has 2 atom stereocenters. The van der Waals surface area contributed by atoms with Crippen LogP contribution in [0.2, 0.25) is 0 Å². The Morgan fingerprint density at radius 2 is 1.57 bits per heavy atom. The second-order valence-corrected chi connectivity index (χ2v) is 19.6. The molecule has 0 aliphatic carbocycles. The number of aryl methyl sites for hydroxylation is 1. The lowest BCUT2D eigenvalue weighted by molar-refractivity contribution is -0.158. The number of piperidine rings is 1. The van der Waals surface area contributed by atoms with Gasteiger partial charge in [0, 0.05) is 102 Å². The van der Waals surface area contributed by atoms with E-state index in [0.29, 0.717) is 69.2 Å². The first kappa shape index (κ1) is 50.4. The lowest BCUT2D eigenvalue weighted by Crippen LogP contribution is -2.49. The molecule has 0 bridgehead atoms. The lowest BCUT2D eigenvalue weighted by Gasteiger charge is -2.39. The number of benzene rings is 3. The third-order valence-corrected chi connectivity index (χ3v) is 14.3. The van der Waals surface area contributed by atoms with Gasteiger partial charge in [-0.1, -0.05) is 32.0 Å². The number of aromatic nitrogens is 2. The molecule has 3 fully saturated rings. The van der Waals surface area contributed by atoms with Crippen LogP contribution in [0, 0.1) is 24.5 Å². The molecule has 6 heterocycles. The van der Waals surface area contributed by atoms with E-state index in [2.05, 4.69) is 43.3 Å². The highest BCUT2D eigenvalue weighted by molar-refractivity contribution is 5.97. The molecular weight excluding hydrogens is 946 g/mol. The fourth-order valence-electron chi connectivity index (χ4n) is 10.2. The van der Waals surface area contributed by atoms with Crippen LogP contribution in [0.25, 0.3) is 11.0 Å². The lowest BCUT2D eigenvalue weighted by atomic mass is 9.96. The second-order valence-electron chi connectivity index (χ2n) is 19.6. The number of hydrogen-bond donors (Lipinski definition) is 4. The van der Waals surface area contributed by atoms with Crippen LogP contribution in [0.15, 0.2) is 59.3 Å². The molecule has 4 amide bonds. The Kier molecular flexibility index (Phi) is 14.6. The quantitative estimate of drug-likeness (QED) is 0.0852. The molecule has 0 saturated carbocycles. The monoisotopic (exact) mass is 1000 g/mol. The van der Waals surface area contributed by atoms with Gasteiger partial charge in [-0.05, 0) is 72.4 Å². The molecule has 0 radical (unpaired) electrons. The number of carbonyl (C=O) groups excluding carboxylic acids is 3. The van der Waals surface area contributed by atoms with E-state index in [-0.39, 0.29) is 64.1 Å². The first-order valence-corrected chi connectivity index (χ1v) is 24.3. The maximum Gasteiger partial charge on any atom is 0.416 e. The number of likely N-dealkylation sites (tertiary alicyclic amines) is 1. The van der Waals surface area contributed by atoms with E-state index in [0.717, 1.165) is 69.3 Å². The molecule has 21 heteroatoms. The Hall–Kier alpha value is -6.58. The predicted octanol–water partition coefficient (Wildman–Crippen LogP) is 7.58. The van der Waals surface area contributed by atoms with Crippen LogP contribution < -0.4 is 15.5 Å². The van der Waals surface area contributed by atoms with Crippen LogP contribution in [0.3, 0.4) is 0 Å². The van der Waals surface area contributed by atoms with Crippen molar-refractivity contribution in [2.45, 2.75) is 83.9 Å². The zero-order chi connectivity index (χ0) is 51.0. The van der Waals surface area contributed by atoms with Crippen molar-refractivity contribution < 1.29 is 55.7 Å². The van der Waals surface area contributed by atoms with Crippen LogP contribution in [0.5, 0.6) is 11.5 Å². The fourth-order valence-corrected chi connectivity index (χ4v) is 10.2. The molecule has 4 N–H and O–H groups in total. The van der Waals surface area contributed by atoms with E-state index in [9.17, 15) is 46.5 Å². The van der Waals surface area contributed by atoms with E-state index in [4.69, 9.17) is 9.15 Å². The second kappa shape index (κ2) is 20.9. The SMILES string of the molecule is Cc1c([C@@H](NC(=O)Nc2cnc(N3CCC(OCC(=O)N4CCC(CN5CCN(Cc6ccc7c(c6)CN(C(=O)c6cc(C(C)C)c(O)cc6O)C7)CC5)CC4)C3)nc2)C(F)(F)F)oc2c(F)cc(F)cc12. The molecule has 3 aromatic carbocycles. The Morgan fingerprint density at radius 1 is 0.861 bits per heavy atom. The first-order valence-electron chi connectivity index (χ1n) is 24.3.